The minimum absolute atomic E-state index is 0.0696. The number of aryl methyl sites for hydroxylation is 1. The fourth-order valence-electron chi connectivity index (χ4n) is 2.46. The number of carbonyl (C=O) groups is 2. The molecule has 0 heterocycles. The van der Waals surface area contributed by atoms with E-state index in [1.165, 1.54) is 29.7 Å². The number of aliphatic hydroxyl groups is 1. The van der Waals surface area contributed by atoms with Gasteiger partial charge in [-0.25, -0.2) is 13.9 Å². The standard InChI is InChI=1S/C20H20N2O6S/c1-15-2-4-16(5-3-15)6-7-17-8-10-18(11-9-17)29(27,28)22(12-13-23)19(14-24)20(25)21-26/h2-5,8-11,14,19,23,26H,12-13H2,1H3,(H,21,25)/t19-/m0/s1. The highest BCUT2D eigenvalue weighted by molar-refractivity contribution is 7.89. The van der Waals surface area contributed by atoms with Crippen LogP contribution in [0.1, 0.15) is 16.7 Å². The average Bonchev–Trinajstić information content (AvgIpc) is 2.73. The van der Waals surface area contributed by atoms with Gasteiger partial charge in [-0.3, -0.25) is 10.0 Å². The van der Waals surface area contributed by atoms with Gasteiger partial charge in [-0.1, -0.05) is 29.5 Å². The molecule has 152 valence electrons. The molecule has 3 N–H and O–H groups in total. The van der Waals surface area contributed by atoms with Gasteiger partial charge in [-0.2, -0.15) is 4.31 Å². The van der Waals surface area contributed by atoms with Crippen LogP contribution in [-0.4, -0.2) is 54.4 Å². The van der Waals surface area contributed by atoms with Crippen LogP contribution in [0.5, 0.6) is 0 Å². The number of aliphatic hydroxyl groups excluding tert-OH is 1. The third-order valence-corrected chi connectivity index (χ3v) is 5.90. The summed E-state index contributed by atoms with van der Waals surface area (Å²) in [6, 6.07) is 11.4. The van der Waals surface area contributed by atoms with Gasteiger partial charge in [-0.05, 0) is 43.3 Å². The topological polar surface area (TPSA) is 124 Å². The van der Waals surface area contributed by atoms with E-state index in [0.717, 1.165) is 11.1 Å². The molecule has 0 aliphatic rings. The first kappa shape index (κ1) is 22.3. The van der Waals surface area contributed by atoms with Crippen LogP contribution in [0.15, 0.2) is 53.4 Å². The fourth-order valence-corrected chi connectivity index (χ4v) is 3.98. The number of hydrogen-bond acceptors (Lipinski definition) is 6. The second kappa shape index (κ2) is 9.95. The number of benzene rings is 2. The molecule has 1 amide bonds. The Hall–Kier alpha value is -3.03. The Balaban J connectivity index is 2.31. The van der Waals surface area contributed by atoms with Gasteiger partial charge >= 0.3 is 0 Å². The van der Waals surface area contributed by atoms with E-state index >= 15 is 0 Å². The van der Waals surface area contributed by atoms with Gasteiger partial charge < -0.3 is 9.90 Å². The van der Waals surface area contributed by atoms with Crippen LogP contribution in [0.2, 0.25) is 0 Å². The van der Waals surface area contributed by atoms with Gasteiger partial charge in [0.2, 0.25) is 10.0 Å². The molecule has 0 aromatic heterocycles. The van der Waals surface area contributed by atoms with E-state index < -0.39 is 35.1 Å². The molecule has 2 aromatic carbocycles. The fraction of sp³-hybridized carbons (Fsp3) is 0.200. The first-order valence-electron chi connectivity index (χ1n) is 8.54. The van der Waals surface area contributed by atoms with E-state index in [1.807, 2.05) is 31.2 Å². The summed E-state index contributed by atoms with van der Waals surface area (Å²) in [6.45, 7) is 0.840. The molecule has 0 saturated heterocycles. The van der Waals surface area contributed by atoms with Crippen molar-refractivity contribution in [2.45, 2.75) is 17.9 Å². The zero-order valence-corrected chi connectivity index (χ0v) is 16.4. The van der Waals surface area contributed by atoms with Crippen molar-refractivity contribution >= 4 is 22.2 Å². The van der Waals surface area contributed by atoms with Crippen molar-refractivity contribution in [1.82, 2.24) is 9.79 Å². The van der Waals surface area contributed by atoms with Gasteiger partial charge in [0.1, 0.15) is 6.29 Å². The number of rotatable bonds is 7. The third-order valence-electron chi connectivity index (χ3n) is 4.00. The van der Waals surface area contributed by atoms with Crippen molar-refractivity contribution in [3.63, 3.8) is 0 Å². The lowest BCUT2D eigenvalue weighted by Crippen LogP contribution is -2.50. The summed E-state index contributed by atoms with van der Waals surface area (Å²) in [5.74, 6) is 4.67. The summed E-state index contributed by atoms with van der Waals surface area (Å²) < 4.78 is 26.2. The van der Waals surface area contributed by atoms with E-state index in [-0.39, 0.29) is 11.2 Å². The Morgan fingerprint density at radius 3 is 2.07 bits per heavy atom. The summed E-state index contributed by atoms with van der Waals surface area (Å²) in [7, 11) is -4.30. The summed E-state index contributed by atoms with van der Waals surface area (Å²) in [6.07, 6.45) is 0.0696. The molecule has 2 rings (SSSR count). The largest absolute Gasteiger partial charge is 0.395 e. The van der Waals surface area contributed by atoms with Gasteiger partial charge in [0.25, 0.3) is 5.91 Å². The molecule has 2 aromatic rings. The molecule has 0 aliphatic carbocycles. The highest BCUT2D eigenvalue weighted by atomic mass is 32.2. The van der Waals surface area contributed by atoms with Crippen LogP contribution in [0.4, 0.5) is 0 Å². The highest BCUT2D eigenvalue weighted by Crippen LogP contribution is 2.18. The summed E-state index contributed by atoms with van der Waals surface area (Å²) in [5, 5.41) is 17.9. The molecule has 0 radical (unpaired) electrons. The number of nitrogens with one attached hydrogen (secondary N) is 1. The first-order chi connectivity index (χ1) is 13.8. The minimum atomic E-state index is -4.30. The SMILES string of the molecule is Cc1ccc(C#Cc2ccc(S(=O)(=O)N(CCO)[C@@H](C=O)C(=O)NO)cc2)cc1. The first-order valence-corrected chi connectivity index (χ1v) is 9.98. The van der Waals surface area contributed by atoms with E-state index in [9.17, 15) is 18.0 Å². The molecule has 1 atom stereocenters. The molecule has 9 heteroatoms. The van der Waals surface area contributed by atoms with E-state index in [1.54, 1.807) is 0 Å². The van der Waals surface area contributed by atoms with Gasteiger partial charge in [-0.15, -0.1) is 0 Å². The Labute approximate surface area is 168 Å². The Morgan fingerprint density at radius 1 is 1.10 bits per heavy atom. The number of carbonyl (C=O) groups excluding carboxylic acids is 2. The van der Waals surface area contributed by atoms with Gasteiger partial charge in [0.05, 0.1) is 11.5 Å². The Bertz CT molecular complexity index is 1020. The number of sulfonamides is 1. The van der Waals surface area contributed by atoms with Crippen LogP contribution in [0.25, 0.3) is 0 Å². The second-order valence-corrected chi connectivity index (χ2v) is 7.93. The summed E-state index contributed by atoms with van der Waals surface area (Å²) in [4.78, 5) is 22.7. The predicted octanol–water partition coefficient (Wildman–Crippen LogP) is 0.451. The van der Waals surface area contributed by atoms with Crippen molar-refractivity contribution < 1.29 is 28.3 Å². The van der Waals surface area contributed by atoms with Crippen LogP contribution in [-0.2, 0) is 19.6 Å². The average molecular weight is 416 g/mol. The Kier molecular flexibility index (Phi) is 7.64. The normalized spacial score (nSPS) is 12.0. The molecule has 0 bridgehead atoms. The second-order valence-electron chi connectivity index (χ2n) is 6.04. The van der Waals surface area contributed by atoms with Gasteiger partial charge in [0, 0.05) is 17.7 Å². The monoisotopic (exact) mass is 416 g/mol. The number of nitrogens with zero attached hydrogens (tertiary/aromatic N) is 1. The molecule has 29 heavy (non-hydrogen) atoms. The molecule has 0 saturated carbocycles. The number of aldehydes is 1. The predicted molar refractivity (Wildman–Crippen MR) is 104 cm³/mol. The number of amides is 1. The van der Waals surface area contributed by atoms with Crippen molar-refractivity contribution in [2.75, 3.05) is 13.2 Å². The van der Waals surface area contributed by atoms with Crippen LogP contribution in [0.3, 0.4) is 0 Å². The maximum atomic E-state index is 12.8. The van der Waals surface area contributed by atoms with Crippen molar-refractivity contribution in [3.05, 3.63) is 65.2 Å². The van der Waals surface area contributed by atoms with E-state index in [2.05, 4.69) is 11.8 Å². The maximum Gasteiger partial charge on any atom is 0.269 e. The molecule has 0 fully saturated rings. The smallest absolute Gasteiger partial charge is 0.269 e. The molecule has 0 spiro atoms. The molecule has 8 nitrogen and oxygen atoms in total. The van der Waals surface area contributed by atoms with Crippen LogP contribution >= 0.6 is 0 Å². The minimum Gasteiger partial charge on any atom is -0.395 e. The molecular formula is C20H20N2O6S. The lowest BCUT2D eigenvalue weighted by Gasteiger charge is -2.25. The lowest BCUT2D eigenvalue weighted by molar-refractivity contribution is -0.136. The quantitative estimate of drug-likeness (QED) is 0.198. The zero-order chi connectivity index (χ0) is 21.4. The molecule has 0 unspecified atom stereocenters. The maximum absolute atomic E-state index is 12.8. The van der Waals surface area contributed by atoms with Gasteiger partial charge in [0.15, 0.2) is 6.04 Å². The highest BCUT2D eigenvalue weighted by Gasteiger charge is 2.35. The number of hydrogen-bond donors (Lipinski definition) is 3. The molecule has 0 aliphatic heterocycles. The van der Waals surface area contributed by atoms with Crippen molar-refractivity contribution in [2.24, 2.45) is 0 Å². The van der Waals surface area contributed by atoms with E-state index in [0.29, 0.717) is 9.87 Å². The molecular weight excluding hydrogens is 396 g/mol. The van der Waals surface area contributed by atoms with Crippen molar-refractivity contribution in [3.8, 4) is 11.8 Å². The summed E-state index contributed by atoms with van der Waals surface area (Å²) in [5.41, 5.74) is 3.74. The van der Waals surface area contributed by atoms with Crippen LogP contribution < -0.4 is 5.48 Å². The Morgan fingerprint density at radius 2 is 1.62 bits per heavy atom. The van der Waals surface area contributed by atoms with Crippen LogP contribution in [0, 0.1) is 18.8 Å². The number of hydroxylamine groups is 1. The van der Waals surface area contributed by atoms with E-state index in [4.69, 9.17) is 10.3 Å². The third kappa shape index (κ3) is 5.49. The zero-order valence-electron chi connectivity index (χ0n) is 15.6. The van der Waals surface area contributed by atoms with Crippen molar-refractivity contribution in [1.29, 1.82) is 0 Å². The lowest BCUT2D eigenvalue weighted by atomic mass is 10.1. The summed E-state index contributed by atoms with van der Waals surface area (Å²) >= 11 is 0.